The molecule has 1 fully saturated rings. The summed E-state index contributed by atoms with van der Waals surface area (Å²) in [6.45, 7) is 5.00. The molecule has 2 unspecified atom stereocenters. The van der Waals surface area contributed by atoms with Crippen LogP contribution in [0.1, 0.15) is 30.7 Å². The minimum absolute atomic E-state index is 0.112. The maximum absolute atomic E-state index is 12.3. The van der Waals surface area contributed by atoms with E-state index in [9.17, 15) is 9.90 Å². The standard InChI is InChI=1S/C20H25N3O4/c1-3-7-23-8-6-21-18(23)11-22-10-16-15-5-4-14(26-2)9-17(15)27-13-20(16,12-22)19(24)25/h4-6,8-9,16H,3,7,10-13H2,1-2H3,(H,24,25). The number of hydrogen-bond donors (Lipinski definition) is 1. The maximum atomic E-state index is 12.3. The third kappa shape index (κ3) is 2.96. The van der Waals surface area contributed by atoms with Gasteiger partial charge in [0.15, 0.2) is 0 Å². The van der Waals surface area contributed by atoms with Crippen LogP contribution in [0.5, 0.6) is 11.5 Å². The Hall–Kier alpha value is -2.54. The molecule has 0 aliphatic carbocycles. The van der Waals surface area contributed by atoms with Crippen molar-refractivity contribution in [2.75, 3.05) is 26.8 Å². The third-order valence-corrected chi connectivity index (χ3v) is 5.75. The summed E-state index contributed by atoms with van der Waals surface area (Å²) < 4.78 is 13.3. The molecular weight excluding hydrogens is 346 g/mol. The Bertz CT molecular complexity index is 850. The Morgan fingerprint density at radius 1 is 1.48 bits per heavy atom. The average molecular weight is 371 g/mol. The van der Waals surface area contributed by atoms with E-state index in [1.165, 1.54) is 0 Å². The van der Waals surface area contributed by atoms with Gasteiger partial charge in [-0.05, 0) is 12.5 Å². The number of fused-ring (bicyclic) bond motifs is 3. The van der Waals surface area contributed by atoms with E-state index in [1.807, 2.05) is 30.6 Å². The van der Waals surface area contributed by atoms with Crippen molar-refractivity contribution in [1.82, 2.24) is 14.5 Å². The van der Waals surface area contributed by atoms with E-state index in [2.05, 4.69) is 21.4 Å². The fraction of sp³-hybridized carbons (Fsp3) is 0.500. The van der Waals surface area contributed by atoms with Crippen molar-refractivity contribution in [3.8, 4) is 11.5 Å². The van der Waals surface area contributed by atoms with Crippen LogP contribution in [0, 0.1) is 5.41 Å². The second kappa shape index (κ2) is 6.88. The zero-order valence-electron chi connectivity index (χ0n) is 15.7. The van der Waals surface area contributed by atoms with Gasteiger partial charge < -0.3 is 19.1 Å². The first-order chi connectivity index (χ1) is 13.1. The van der Waals surface area contributed by atoms with Gasteiger partial charge in [0.25, 0.3) is 0 Å². The summed E-state index contributed by atoms with van der Waals surface area (Å²) >= 11 is 0. The minimum atomic E-state index is -0.927. The highest BCUT2D eigenvalue weighted by atomic mass is 16.5. The quantitative estimate of drug-likeness (QED) is 0.840. The van der Waals surface area contributed by atoms with Crippen molar-refractivity contribution < 1.29 is 19.4 Å². The molecule has 3 heterocycles. The Kier molecular flexibility index (Phi) is 4.55. The molecule has 2 atom stereocenters. The Morgan fingerprint density at radius 3 is 3.07 bits per heavy atom. The number of benzene rings is 1. The van der Waals surface area contributed by atoms with Crippen LogP contribution in [0.2, 0.25) is 0 Å². The maximum Gasteiger partial charge on any atom is 0.315 e. The van der Waals surface area contributed by atoms with Crippen LogP contribution in [-0.4, -0.2) is 52.3 Å². The van der Waals surface area contributed by atoms with E-state index in [1.54, 1.807) is 7.11 Å². The first kappa shape index (κ1) is 17.9. The molecule has 0 spiro atoms. The fourth-order valence-corrected chi connectivity index (χ4v) is 4.35. The number of rotatable bonds is 6. The van der Waals surface area contributed by atoms with Crippen molar-refractivity contribution in [3.63, 3.8) is 0 Å². The molecule has 0 radical (unpaired) electrons. The van der Waals surface area contributed by atoms with E-state index < -0.39 is 11.4 Å². The number of carboxylic acids is 1. The van der Waals surface area contributed by atoms with Crippen LogP contribution in [0.25, 0.3) is 0 Å². The van der Waals surface area contributed by atoms with Gasteiger partial charge in [-0.1, -0.05) is 13.0 Å². The molecule has 2 aromatic rings. The molecular formula is C20H25N3O4. The molecule has 1 saturated heterocycles. The number of ether oxygens (including phenoxy) is 2. The molecule has 4 rings (SSSR count). The SMILES string of the molecule is CCCn1ccnc1CN1CC2c3ccc(OC)cc3OCC2(C(=O)O)C1. The lowest BCUT2D eigenvalue weighted by Crippen LogP contribution is -2.45. The summed E-state index contributed by atoms with van der Waals surface area (Å²) in [5.74, 6) is 1.51. The van der Waals surface area contributed by atoms with Crippen molar-refractivity contribution in [2.24, 2.45) is 5.41 Å². The van der Waals surface area contributed by atoms with E-state index in [0.29, 0.717) is 25.4 Å². The predicted molar refractivity (Wildman–Crippen MR) is 99.1 cm³/mol. The highest BCUT2D eigenvalue weighted by Gasteiger charge is 2.56. The van der Waals surface area contributed by atoms with Crippen molar-refractivity contribution in [3.05, 3.63) is 42.0 Å². The number of carbonyl (C=O) groups is 1. The van der Waals surface area contributed by atoms with Crippen LogP contribution in [-0.2, 0) is 17.9 Å². The van der Waals surface area contributed by atoms with E-state index >= 15 is 0 Å². The number of likely N-dealkylation sites (tertiary alicyclic amines) is 1. The summed E-state index contributed by atoms with van der Waals surface area (Å²) in [7, 11) is 1.61. The van der Waals surface area contributed by atoms with Crippen LogP contribution in [0.4, 0.5) is 0 Å². The number of methoxy groups -OCH3 is 1. The first-order valence-electron chi connectivity index (χ1n) is 9.34. The van der Waals surface area contributed by atoms with E-state index in [0.717, 1.165) is 30.1 Å². The van der Waals surface area contributed by atoms with Crippen LogP contribution >= 0.6 is 0 Å². The minimum Gasteiger partial charge on any atom is -0.497 e. The summed E-state index contributed by atoms with van der Waals surface area (Å²) in [5, 5.41) is 10.1. The molecule has 1 N–H and O–H groups in total. The van der Waals surface area contributed by atoms with Crippen molar-refractivity contribution in [2.45, 2.75) is 32.4 Å². The smallest absolute Gasteiger partial charge is 0.315 e. The number of hydrogen-bond acceptors (Lipinski definition) is 5. The molecule has 0 amide bonds. The Labute approximate surface area is 158 Å². The average Bonchev–Trinajstić information content (AvgIpc) is 3.26. The van der Waals surface area contributed by atoms with Gasteiger partial charge in [0.05, 0.1) is 13.7 Å². The van der Waals surface area contributed by atoms with Gasteiger partial charge in [0.1, 0.15) is 29.3 Å². The van der Waals surface area contributed by atoms with Crippen LogP contribution < -0.4 is 9.47 Å². The second-order valence-corrected chi connectivity index (χ2v) is 7.41. The van der Waals surface area contributed by atoms with Crippen molar-refractivity contribution >= 4 is 5.97 Å². The largest absolute Gasteiger partial charge is 0.497 e. The summed E-state index contributed by atoms with van der Waals surface area (Å²) in [6, 6.07) is 5.66. The molecule has 2 aliphatic heterocycles. The predicted octanol–water partition coefficient (Wildman–Crippen LogP) is 2.36. The van der Waals surface area contributed by atoms with Gasteiger partial charge in [-0.15, -0.1) is 0 Å². The van der Waals surface area contributed by atoms with E-state index in [4.69, 9.17) is 9.47 Å². The molecule has 1 aromatic heterocycles. The Balaban J connectivity index is 1.63. The molecule has 7 heteroatoms. The fourth-order valence-electron chi connectivity index (χ4n) is 4.35. The number of imidazole rings is 1. The topological polar surface area (TPSA) is 76.8 Å². The molecule has 7 nitrogen and oxygen atoms in total. The van der Waals surface area contributed by atoms with Gasteiger partial charge in [-0.3, -0.25) is 9.69 Å². The lowest BCUT2D eigenvalue weighted by atomic mass is 9.73. The third-order valence-electron chi connectivity index (χ3n) is 5.75. The number of aromatic nitrogens is 2. The highest BCUT2D eigenvalue weighted by Crippen LogP contribution is 2.50. The zero-order valence-corrected chi connectivity index (χ0v) is 15.7. The second-order valence-electron chi connectivity index (χ2n) is 7.41. The highest BCUT2D eigenvalue weighted by molar-refractivity contribution is 5.78. The summed E-state index contributed by atoms with van der Waals surface area (Å²) in [4.78, 5) is 18.9. The van der Waals surface area contributed by atoms with Crippen molar-refractivity contribution in [1.29, 1.82) is 0 Å². The molecule has 144 valence electrons. The van der Waals surface area contributed by atoms with Gasteiger partial charge in [0, 0.05) is 49.6 Å². The molecule has 27 heavy (non-hydrogen) atoms. The monoisotopic (exact) mass is 371 g/mol. The number of carboxylic acid groups (broad SMARTS) is 1. The summed E-state index contributed by atoms with van der Waals surface area (Å²) in [6.07, 6.45) is 4.83. The van der Waals surface area contributed by atoms with Gasteiger partial charge in [-0.2, -0.15) is 0 Å². The van der Waals surface area contributed by atoms with E-state index in [-0.39, 0.29) is 12.5 Å². The molecule has 2 aliphatic rings. The van der Waals surface area contributed by atoms with Gasteiger partial charge >= 0.3 is 5.97 Å². The molecule has 0 bridgehead atoms. The Morgan fingerprint density at radius 2 is 2.33 bits per heavy atom. The summed E-state index contributed by atoms with van der Waals surface area (Å²) in [5.41, 5.74) is 0.0212. The lowest BCUT2D eigenvalue weighted by molar-refractivity contribution is -0.151. The number of aliphatic carboxylic acids is 1. The van der Waals surface area contributed by atoms with Crippen LogP contribution in [0.3, 0.4) is 0 Å². The molecule has 0 saturated carbocycles. The number of nitrogens with zero attached hydrogens (tertiary/aromatic N) is 3. The lowest BCUT2D eigenvalue weighted by Gasteiger charge is -2.36. The first-order valence-corrected chi connectivity index (χ1v) is 9.34. The normalized spacial score (nSPS) is 24.1. The van der Waals surface area contributed by atoms with Gasteiger partial charge in [0.2, 0.25) is 0 Å². The zero-order chi connectivity index (χ0) is 19.0. The van der Waals surface area contributed by atoms with Gasteiger partial charge in [-0.25, -0.2) is 4.98 Å². The molecule has 1 aromatic carbocycles. The van der Waals surface area contributed by atoms with Crippen LogP contribution in [0.15, 0.2) is 30.6 Å². The number of aryl methyl sites for hydroxylation is 1.